The fourth-order valence-electron chi connectivity index (χ4n) is 1.61. The van der Waals surface area contributed by atoms with E-state index >= 15 is 0 Å². The minimum Gasteiger partial charge on any atom is -0.504 e. The maximum Gasteiger partial charge on any atom is 0.337 e. The second-order valence-corrected chi connectivity index (χ2v) is 4.17. The maximum atomic E-state index is 12.1. The molecule has 0 saturated carbocycles. The van der Waals surface area contributed by atoms with Gasteiger partial charge in [-0.1, -0.05) is 43.3 Å². The number of rotatable bonds is 6. The van der Waals surface area contributed by atoms with Crippen molar-refractivity contribution in [2.24, 2.45) is 5.92 Å². The predicted octanol–water partition coefficient (Wildman–Crippen LogP) is 2.61. The molecule has 0 saturated heterocycles. The van der Waals surface area contributed by atoms with Crippen molar-refractivity contribution in [1.29, 1.82) is 0 Å². The Bertz CT molecular complexity index is 515. The summed E-state index contributed by atoms with van der Waals surface area (Å²) in [6, 6.07) is 9.45. The van der Waals surface area contributed by atoms with Gasteiger partial charge in [0.15, 0.2) is 5.78 Å². The molecular weight excluding hydrogens is 256 g/mol. The summed E-state index contributed by atoms with van der Waals surface area (Å²) in [7, 11) is 2.68. The number of carbonyl (C=O) groups is 2. The quantitative estimate of drug-likeness (QED) is 0.454. The number of hydrogen-bond donors (Lipinski definition) is 0. The van der Waals surface area contributed by atoms with Crippen molar-refractivity contribution >= 4 is 17.8 Å². The summed E-state index contributed by atoms with van der Waals surface area (Å²) in [4.78, 5) is 23.6. The lowest BCUT2D eigenvalue weighted by molar-refractivity contribution is -0.137. The minimum absolute atomic E-state index is 0.192. The van der Waals surface area contributed by atoms with E-state index in [-0.39, 0.29) is 11.4 Å². The molecule has 0 bridgehead atoms. The molecule has 0 unspecified atom stereocenters. The van der Waals surface area contributed by atoms with Crippen LogP contribution in [0.3, 0.4) is 0 Å². The molecule has 0 N–H and O–H groups in total. The van der Waals surface area contributed by atoms with Gasteiger partial charge >= 0.3 is 5.97 Å². The zero-order chi connectivity index (χ0) is 15.0. The van der Waals surface area contributed by atoms with E-state index in [1.54, 1.807) is 13.0 Å². The molecule has 1 rings (SSSR count). The maximum absolute atomic E-state index is 12.1. The molecule has 4 nitrogen and oxygen atoms in total. The van der Waals surface area contributed by atoms with Crippen LogP contribution in [0.15, 0.2) is 48.2 Å². The van der Waals surface area contributed by atoms with Gasteiger partial charge in [-0.3, -0.25) is 4.79 Å². The normalized spacial score (nSPS) is 13.1. The lowest BCUT2D eigenvalue weighted by Crippen LogP contribution is -2.19. The molecule has 0 aliphatic heterocycles. The number of ketones is 1. The Kier molecular flexibility index (Phi) is 6.23. The predicted molar refractivity (Wildman–Crippen MR) is 76.8 cm³/mol. The Morgan fingerprint density at radius 3 is 2.35 bits per heavy atom. The van der Waals surface area contributed by atoms with Crippen molar-refractivity contribution in [2.75, 3.05) is 14.2 Å². The third kappa shape index (κ3) is 4.39. The molecule has 20 heavy (non-hydrogen) atoms. The van der Waals surface area contributed by atoms with Crippen LogP contribution < -0.4 is 0 Å². The van der Waals surface area contributed by atoms with E-state index in [4.69, 9.17) is 4.74 Å². The fraction of sp³-hybridized carbons (Fsp3) is 0.250. The third-order valence-corrected chi connectivity index (χ3v) is 2.80. The Labute approximate surface area is 118 Å². The van der Waals surface area contributed by atoms with Crippen LogP contribution >= 0.6 is 0 Å². The summed E-state index contributed by atoms with van der Waals surface area (Å²) >= 11 is 0. The van der Waals surface area contributed by atoms with E-state index in [0.29, 0.717) is 0 Å². The first-order valence-electron chi connectivity index (χ1n) is 6.18. The van der Waals surface area contributed by atoms with Crippen molar-refractivity contribution in [1.82, 2.24) is 0 Å². The SMILES string of the molecule is CO/C=C(/C(=O)OC)[C@@H](C)C(=O)/C=C/c1ccccc1. The second kappa shape index (κ2) is 7.94. The number of hydrogen-bond acceptors (Lipinski definition) is 4. The highest BCUT2D eigenvalue weighted by Gasteiger charge is 2.23. The molecule has 0 spiro atoms. The lowest BCUT2D eigenvalue weighted by Gasteiger charge is -2.10. The molecule has 0 heterocycles. The van der Waals surface area contributed by atoms with Gasteiger partial charge < -0.3 is 9.47 Å². The number of esters is 1. The summed E-state index contributed by atoms with van der Waals surface area (Å²) in [6.07, 6.45) is 4.40. The first-order valence-corrected chi connectivity index (χ1v) is 6.18. The van der Waals surface area contributed by atoms with E-state index in [1.165, 1.54) is 26.6 Å². The van der Waals surface area contributed by atoms with Crippen LogP contribution in [0.2, 0.25) is 0 Å². The van der Waals surface area contributed by atoms with Gasteiger partial charge in [-0.25, -0.2) is 4.79 Å². The molecule has 0 aromatic heterocycles. The molecule has 1 aromatic carbocycles. The Morgan fingerprint density at radius 2 is 1.80 bits per heavy atom. The monoisotopic (exact) mass is 274 g/mol. The van der Waals surface area contributed by atoms with E-state index in [2.05, 4.69) is 4.74 Å². The van der Waals surface area contributed by atoms with Crippen LogP contribution in [0.5, 0.6) is 0 Å². The van der Waals surface area contributed by atoms with E-state index < -0.39 is 11.9 Å². The van der Waals surface area contributed by atoms with Gasteiger partial charge in [-0.05, 0) is 11.6 Å². The third-order valence-electron chi connectivity index (χ3n) is 2.80. The highest BCUT2D eigenvalue weighted by Crippen LogP contribution is 2.15. The van der Waals surface area contributed by atoms with Gasteiger partial charge in [0, 0.05) is 0 Å². The molecule has 0 amide bonds. The van der Waals surface area contributed by atoms with E-state index in [1.807, 2.05) is 30.3 Å². The number of methoxy groups -OCH3 is 2. The van der Waals surface area contributed by atoms with Gasteiger partial charge in [0.25, 0.3) is 0 Å². The van der Waals surface area contributed by atoms with Crippen LogP contribution in [0.4, 0.5) is 0 Å². The Hall–Kier alpha value is -2.36. The van der Waals surface area contributed by atoms with E-state index in [9.17, 15) is 9.59 Å². The largest absolute Gasteiger partial charge is 0.504 e. The van der Waals surface area contributed by atoms with Gasteiger partial charge in [-0.2, -0.15) is 0 Å². The second-order valence-electron chi connectivity index (χ2n) is 4.17. The smallest absolute Gasteiger partial charge is 0.337 e. The van der Waals surface area contributed by atoms with Crippen LogP contribution in [0.25, 0.3) is 6.08 Å². The average Bonchev–Trinajstić information content (AvgIpc) is 2.49. The van der Waals surface area contributed by atoms with Crippen LogP contribution in [-0.4, -0.2) is 26.0 Å². The van der Waals surface area contributed by atoms with Crippen molar-refractivity contribution < 1.29 is 19.1 Å². The van der Waals surface area contributed by atoms with Crippen LogP contribution in [0.1, 0.15) is 12.5 Å². The Morgan fingerprint density at radius 1 is 1.15 bits per heavy atom. The number of allylic oxidation sites excluding steroid dienone is 1. The van der Waals surface area contributed by atoms with Crippen LogP contribution in [-0.2, 0) is 19.1 Å². The van der Waals surface area contributed by atoms with Crippen LogP contribution in [0, 0.1) is 5.92 Å². The number of benzene rings is 1. The molecule has 0 fully saturated rings. The molecule has 106 valence electrons. The summed E-state index contributed by atoms with van der Waals surface area (Å²) < 4.78 is 9.46. The van der Waals surface area contributed by atoms with Crippen molar-refractivity contribution in [3.63, 3.8) is 0 Å². The van der Waals surface area contributed by atoms with Crippen molar-refractivity contribution in [3.05, 3.63) is 53.8 Å². The van der Waals surface area contributed by atoms with Gasteiger partial charge in [0.1, 0.15) is 0 Å². The van der Waals surface area contributed by atoms with Crippen molar-refractivity contribution in [3.8, 4) is 0 Å². The molecule has 4 heteroatoms. The molecular formula is C16H18O4. The fourth-order valence-corrected chi connectivity index (χ4v) is 1.61. The lowest BCUT2D eigenvalue weighted by atomic mass is 9.96. The zero-order valence-corrected chi connectivity index (χ0v) is 11.8. The van der Waals surface area contributed by atoms with E-state index in [0.717, 1.165) is 5.56 Å². The highest BCUT2D eigenvalue weighted by molar-refractivity contribution is 6.03. The number of carbonyl (C=O) groups excluding carboxylic acids is 2. The molecule has 0 aliphatic rings. The first-order chi connectivity index (χ1) is 9.60. The van der Waals surface area contributed by atoms with Gasteiger partial charge in [0.2, 0.25) is 0 Å². The summed E-state index contributed by atoms with van der Waals surface area (Å²) in [5.41, 5.74) is 1.11. The number of ether oxygens (including phenoxy) is 2. The molecule has 1 atom stereocenters. The molecule has 0 aliphatic carbocycles. The highest BCUT2D eigenvalue weighted by atomic mass is 16.5. The first kappa shape index (κ1) is 15.7. The summed E-state index contributed by atoms with van der Waals surface area (Å²) in [5, 5.41) is 0. The average molecular weight is 274 g/mol. The van der Waals surface area contributed by atoms with Gasteiger partial charge in [0.05, 0.1) is 32.0 Å². The summed E-state index contributed by atoms with van der Waals surface area (Å²) in [6.45, 7) is 1.64. The topological polar surface area (TPSA) is 52.6 Å². The molecule has 0 radical (unpaired) electrons. The molecule has 1 aromatic rings. The zero-order valence-electron chi connectivity index (χ0n) is 11.8. The van der Waals surface area contributed by atoms with Crippen molar-refractivity contribution in [2.45, 2.75) is 6.92 Å². The standard InChI is InChI=1S/C16H18O4/c1-12(14(11-19-2)16(18)20-3)15(17)10-9-13-7-5-4-6-8-13/h4-12H,1-3H3/b10-9+,14-11+/t12-/m1/s1. The summed E-state index contributed by atoms with van der Waals surface area (Å²) in [5.74, 6) is -1.38. The minimum atomic E-state index is -0.623. The Balaban J connectivity index is 2.82. The van der Waals surface area contributed by atoms with Gasteiger partial charge in [-0.15, -0.1) is 0 Å².